The van der Waals surface area contributed by atoms with Gasteiger partial charge in [0.25, 0.3) is 0 Å². The van der Waals surface area contributed by atoms with Crippen molar-refractivity contribution in [2.75, 3.05) is 5.88 Å². The summed E-state index contributed by atoms with van der Waals surface area (Å²) >= 11 is 5.53. The van der Waals surface area contributed by atoms with Gasteiger partial charge in [-0.25, -0.2) is 0 Å². The number of aliphatic hydroxyl groups excluding tert-OH is 1. The Morgan fingerprint density at radius 3 is 3.00 bits per heavy atom. The molecule has 1 aromatic heterocycles. The second-order valence-corrected chi connectivity index (χ2v) is 3.35. The Hall–Kier alpha value is -0.540. The molecule has 1 N–H and O–H groups in total. The van der Waals surface area contributed by atoms with E-state index in [2.05, 4.69) is 5.10 Å². The lowest BCUT2D eigenvalue weighted by Gasteiger charge is -2.05. The molecule has 3 nitrogen and oxygen atoms in total. The van der Waals surface area contributed by atoms with Crippen molar-refractivity contribution in [2.45, 2.75) is 32.4 Å². The average Bonchev–Trinajstić information content (AvgIpc) is 2.62. The zero-order valence-electron chi connectivity index (χ0n) is 7.78. The summed E-state index contributed by atoms with van der Waals surface area (Å²) in [5.41, 5.74) is 0.881. The largest absolute Gasteiger partial charge is 0.388 e. The highest BCUT2D eigenvalue weighted by molar-refractivity contribution is 6.17. The van der Waals surface area contributed by atoms with Crippen molar-refractivity contribution in [2.24, 2.45) is 0 Å². The summed E-state index contributed by atoms with van der Waals surface area (Å²) in [7, 11) is 0. The normalized spacial score (nSPS) is 13.2. The summed E-state index contributed by atoms with van der Waals surface area (Å²) in [5, 5.41) is 13.7. The van der Waals surface area contributed by atoms with E-state index < -0.39 is 6.10 Å². The Bertz CT molecular complexity index is 250. The SMILES string of the molecule is CCn1cc(C(O)CCCCl)cn1. The molecule has 0 aliphatic heterocycles. The molecule has 1 rings (SSSR count). The molecule has 1 unspecified atom stereocenters. The van der Waals surface area contributed by atoms with Crippen LogP contribution in [0.4, 0.5) is 0 Å². The van der Waals surface area contributed by atoms with Crippen LogP contribution in [0, 0.1) is 0 Å². The third-order valence-electron chi connectivity index (χ3n) is 1.97. The number of nitrogens with zero attached hydrogens (tertiary/aromatic N) is 2. The van der Waals surface area contributed by atoms with Gasteiger partial charge in [-0.05, 0) is 19.8 Å². The van der Waals surface area contributed by atoms with Gasteiger partial charge in [0.1, 0.15) is 0 Å². The van der Waals surface area contributed by atoms with Crippen LogP contribution in [-0.2, 0) is 6.54 Å². The van der Waals surface area contributed by atoms with E-state index in [-0.39, 0.29) is 0 Å². The molecule has 0 fully saturated rings. The first-order valence-corrected chi connectivity index (χ1v) is 5.07. The predicted octanol–water partition coefficient (Wildman–Crippen LogP) is 1.96. The molecule has 1 heterocycles. The molecule has 1 atom stereocenters. The van der Waals surface area contributed by atoms with Crippen LogP contribution < -0.4 is 0 Å². The molecule has 0 aliphatic carbocycles. The molecule has 1 aromatic rings. The third-order valence-corrected chi connectivity index (χ3v) is 2.24. The lowest BCUT2D eigenvalue weighted by atomic mass is 10.1. The number of aliphatic hydroxyl groups is 1. The molecule has 0 bridgehead atoms. The fourth-order valence-corrected chi connectivity index (χ4v) is 1.32. The fraction of sp³-hybridized carbons (Fsp3) is 0.667. The first-order valence-electron chi connectivity index (χ1n) is 4.54. The highest BCUT2D eigenvalue weighted by Crippen LogP contribution is 2.17. The molecule has 74 valence electrons. The van der Waals surface area contributed by atoms with Gasteiger partial charge < -0.3 is 5.11 Å². The minimum atomic E-state index is -0.418. The molecular weight excluding hydrogens is 188 g/mol. The molecule has 13 heavy (non-hydrogen) atoms. The van der Waals surface area contributed by atoms with E-state index in [9.17, 15) is 5.11 Å². The second-order valence-electron chi connectivity index (χ2n) is 2.98. The molecule has 0 saturated carbocycles. The first-order chi connectivity index (χ1) is 6.27. The highest BCUT2D eigenvalue weighted by Gasteiger charge is 2.08. The van der Waals surface area contributed by atoms with Crippen molar-refractivity contribution in [1.82, 2.24) is 9.78 Å². The van der Waals surface area contributed by atoms with Crippen LogP contribution in [0.1, 0.15) is 31.4 Å². The van der Waals surface area contributed by atoms with Gasteiger partial charge in [-0.15, -0.1) is 11.6 Å². The Labute approximate surface area is 83.3 Å². The van der Waals surface area contributed by atoms with Crippen LogP contribution in [0.3, 0.4) is 0 Å². The first kappa shape index (κ1) is 10.5. The number of aryl methyl sites for hydroxylation is 1. The maximum atomic E-state index is 9.65. The van der Waals surface area contributed by atoms with E-state index in [1.54, 1.807) is 10.9 Å². The molecule has 0 saturated heterocycles. The Balaban J connectivity index is 2.50. The maximum Gasteiger partial charge on any atom is 0.0821 e. The Morgan fingerprint density at radius 1 is 1.69 bits per heavy atom. The zero-order valence-corrected chi connectivity index (χ0v) is 8.54. The van der Waals surface area contributed by atoms with Crippen LogP contribution in [0.5, 0.6) is 0 Å². The van der Waals surface area contributed by atoms with Gasteiger partial charge in [0.2, 0.25) is 0 Å². The standard InChI is InChI=1S/C9H15ClN2O/c1-2-12-7-8(6-11-12)9(13)4-3-5-10/h6-7,9,13H,2-5H2,1H3. The number of hydrogen-bond acceptors (Lipinski definition) is 2. The zero-order chi connectivity index (χ0) is 9.68. The van der Waals surface area contributed by atoms with Crippen molar-refractivity contribution in [3.05, 3.63) is 18.0 Å². The summed E-state index contributed by atoms with van der Waals surface area (Å²) in [6, 6.07) is 0. The van der Waals surface area contributed by atoms with Gasteiger partial charge >= 0.3 is 0 Å². The maximum absolute atomic E-state index is 9.65. The number of halogens is 1. The third kappa shape index (κ3) is 3.01. The molecule has 0 amide bonds. The Kier molecular flexibility index (Phi) is 4.25. The van der Waals surface area contributed by atoms with Crippen molar-refractivity contribution >= 4 is 11.6 Å². The molecule has 0 aliphatic rings. The van der Waals surface area contributed by atoms with Crippen LogP contribution in [0.25, 0.3) is 0 Å². The molecule has 4 heteroatoms. The van der Waals surface area contributed by atoms with E-state index in [0.29, 0.717) is 12.3 Å². The van der Waals surface area contributed by atoms with Crippen LogP contribution in [-0.4, -0.2) is 20.8 Å². The summed E-state index contributed by atoms with van der Waals surface area (Å²) < 4.78 is 1.80. The van der Waals surface area contributed by atoms with E-state index >= 15 is 0 Å². The van der Waals surface area contributed by atoms with Gasteiger partial charge in [-0.1, -0.05) is 0 Å². The van der Waals surface area contributed by atoms with Gasteiger partial charge in [0.05, 0.1) is 12.3 Å². The van der Waals surface area contributed by atoms with E-state index in [0.717, 1.165) is 18.5 Å². The van der Waals surface area contributed by atoms with Crippen molar-refractivity contribution in [1.29, 1.82) is 0 Å². The Morgan fingerprint density at radius 2 is 2.46 bits per heavy atom. The van der Waals surface area contributed by atoms with Gasteiger partial charge in [0, 0.05) is 24.2 Å². The van der Waals surface area contributed by atoms with Gasteiger partial charge in [-0.2, -0.15) is 5.10 Å². The average molecular weight is 203 g/mol. The quantitative estimate of drug-likeness (QED) is 0.742. The lowest BCUT2D eigenvalue weighted by Crippen LogP contribution is -1.97. The second kappa shape index (κ2) is 5.25. The van der Waals surface area contributed by atoms with Crippen molar-refractivity contribution in [3.8, 4) is 0 Å². The highest BCUT2D eigenvalue weighted by atomic mass is 35.5. The van der Waals surface area contributed by atoms with E-state index in [1.807, 2.05) is 13.1 Å². The fourth-order valence-electron chi connectivity index (χ4n) is 1.16. The monoisotopic (exact) mass is 202 g/mol. The lowest BCUT2D eigenvalue weighted by molar-refractivity contribution is 0.166. The molecule has 0 aromatic carbocycles. The summed E-state index contributed by atoms with van der Waals surface area (Å²) in [4.78, 5) is 0. The summed E-state index contributed by atoms with van der Waals surface area (Å²) in [6.07, 6.45) is 4.71. The van der Waals surface area contributed by atoms with Crippen LogP contribution >= 0.6 is 11.6 Å². The van der Waals surface area contributed by atoms with Gasteiger partial charge in [-0.3, -0.25) is 4.68 Å². The number of hydrogen-bond donors (Lipinski definition) is 1. The van der Waals surface area contributed by atoms with E-state index in [1.165, 1.54) is 0 Å². The smallest absolute Gasteiger partial charge is 0.0821 e. The van der Waals surface area contributed by atoms with Crippen molar-refractivity contribution < 1.29 is 5.11 Å². The van der Waals surface area contributed by atoms with Gasteiger partial charge in [0.15, 0.2) is 0 Å². The van der Waals surface area contributed by atoms with Crippen LogP contribution in [0.15, 0.2) is 12.4 Å². The van der Waals surface area contributed by atoms with Crippen LogP contribution in [0.2, 0.25) is 0 Å². The predicted molar refractivity (Wildman–Crippen MR) is 52.8 cm³/mol. The number of aromatic nitrogens is 2. The topological polar surface area (TPSA) is 38.0 Å². The summed E-state index contributed by atoms with van der Waals surface area (Å²) in [5.74, 6) is 0.596. The van der Waals surface area contributed by atoms with E-state index in [4.69, 9.17) is 11.6 Å². The molecular formula is C9H15ClN2O. The minimum absolute atomic E-state index is 0.418. The minimum Gasteiger partial charge on any atom is -0.388 e. The number of rotatable bonds is 5. The number of alkyl halides is 1. The summed E-state index contributed by atoms with van der Waals surface area (Å²) in [6.45, 7) is 2.85. The van der Waals surface area contributed by atoms with Crippen molar-refractivity contribution in [3.63, 3.8) is 0 Å². The molecule has 0 spiro atoms. The molecule has 0 radical (unpaired) electrons.